The van der Waals surface area contributed by atoms with E-state index in [1.807, 2.05) is 0 Å². The van der Waals surface area contributed by atoms with E-state index in [0.717, 1.165) is 0 Å². The number of halogens is 2. The molecule has 0 fully saturated rings. The predicted molar refractivity (Wildman–Crippen MR) is 45.9 cm³/mol. The fraction of sp³-hybridized carbons (Fsp3) is 0.167. The molecule has 0 saturated heterocycles. The zero-order valence-corrected chi connectivity index (χ0v) is 7.21. The summed E-state index contributed by atoms with van der Waals surface area (Å²) in [5, 5.41) is 0.250. The highest BCUT2D eigenvalue weighted by Crippen LogP contribution is 2.14. The van der Waals surface area contributed by atoms with Crippen LogP contribution in [0.3, 0.4) is 0 Å². The Morgan fingerprint density at radius 3 is 2.80 bits per heavy atom. The van der Waals surface area contributed by atoms with Crippen LogP contribution < -0.4 is 0 Å². The highest BCUT2D eigenvalue weighted by atomic mass is 35.5. The molecule has 54 valence electrons. The molecule has 1 rings (SSSR count). The average Bonchev–Trinajstić information content (AvgIpc) is 1.94. The summed E-state index contributed by atoms with van der Waals surface area (Å²) in [6.07, 6.45) is 4.94. The minimum absolute atomic E-state index is 0.301. The Labute approximate surface area is 72.4 Å². The number of rotatable bonds is 0. The van der Waals surface area contributed by atoms with Crippen molar-refractivity contribution in [3.63, 3.8) is 0 Å². The maximum Gasteiger partial charge on any atom is 0.0940 e. The average molecular weight is 195 g/mol. The summed E-state index contributed by atoms with van der Waals surface area (Å²) in [5.41, 5.74) is 0. The minimum Gasteiger partial charge on any atom is -0.212 e. The highest BCUT2D eigenvalue weighted by molar-refractivity contribution is 7.67. The summed E-state index contributed by atoms with van der Waals surface area (Å²) in [4.78, 5) is 0.550. The molecule has 0 heterocycles. The predicted octanol–water partition coefficient (Wildman–Crippen LogP) is 1.67. The molecule has 1 atom stereocenters. The summed E-state index contributed by atoms with van der Waals surface area (Å²) in [7, 11) is 0. The largest absolute Gasteiger partial charge is 0.212 e. The van der Waals surface area contributed by atoms with E-state index >= 15 is 0 Å². The highest BCUT2D eigenvalue weighted by Gasteiger charge is 2.10. The third-order valence-electron chi connectivity index (χ3n) is 1.07. The minimum atomic E-state index is -0.301. The molecule has 1 aliphatic rings. The Kier molecular flexibility index (Phi) is 2.72. The van der Waals surface area contributed by atoms with Crippen molar-refractivity contribution in [1.82, 2.24) is 0 Å². The smallest absolute Gasteiger partial charge is 0.0940 e. The molecule has 0 aromatic rings. The van der Waals surface area contributed by atoms with Gasteiger partial charge in [-0.15, -0.1) is 11.6 Å². The van der Waals surface area contributed by atoms with Crippen LogP contribution in [-0.2, 0) is 11.3 Å². The van der Waals surface area contributed by atoms with E-state index in [1.54, 1.807) is 18.2 Å². The molecule has 0 amide bonds. The standard InChI is InChI=1S/C6H4Cl2OS/c7-4-1-2-5(8)6(3-4)10-9/h1-3,5H. The first kappa shape index (κ1) is 8.05. The molecule has 1 aliphatic carbocycles. The van der Waals surface area contributed by atoms with Crippen molar-refractivity contribution in [2.45, 2.75) is 5.38 Å². The summed E-state index contributed by atoms with van der Waals surface area (Å²) < 4.78 is 10.3. The van der Waals surface area contributed by atoms with Gasteiger partial charge in [-0.2, -0.15) is 0 Å². The van der Waals surface area contributed by atoms with Crippen LogP contribution >= 0.6 is 23.2 Å². The van der Waals surface area contributed by atoms with E-state index in [2.05, 4.69) is 0 Å². The van der Waals surface area contributed by atoms with Gasteiger partial charge in [0.2, 0.25) is 0 Å². The van der Waals surface area contributed by atoms with E-state index in [0.29, 0.717) is 21.2 Å². The Bertz CT molecular complexity index is 250. The van der Waals surface area contributed by atoms with Gasteiger partial charge in [-0.3, -0.25) is 0 Å². The molecule has 0 bridgehead atoms. The van der Waals surface area contributed by atoms with Crippen molar-refractivity contribution >= 4 is 39.3 Å². The van der Waals surface area contributed by atoms with Crippen LogP contribution in [0.5, 0.6) is 0 Å². The lowest BCUT2D eigenvalue weighted by molar-refractivity contribution is 0.701. The van der Waals surface area contributed by atoms with Crippen LogP contribution in [0.1, 0.15) is 0 Å². The lowest BCUT2D eigenvalue weighted by atomic mass is 10.2. The topological polar surface area (TPSA) is 17.1 Å². The fourth-order valence-corrected chi connectivity index (χ4v) is 1.45. The molecule has 0 saturated carbocycles. The Morgan fingerprint density at radius 2 is 2.30 bits per heavy atom. The molecular formula is C6H4Cl2OS. The van der Waals surface area contributed by atoms with Gasteiger partial charge in [0.25, 0.3) is 0 Å². The number of allylic oxidation sites excluding steroid dienone is 4. The zero-order chi connectivity index (χ0) is 7.56. The van der Waals surface area contributed by atoms with Crippen LogP contribution in [0.15, 0.2) is 23.3 Å². The van der Waals surface area contributed by atoms with Crippen molar-refractivity contribution in [2.75, 3.05) is 0 Å². The van der Waals surface area contributed by atoms with Gasteiger partial charge in [-0.05, 0) is 12.2 Å². The molecule has 0 N–H and O–H groups in total. The lowest BCUT2D eigenvalue weighted by Gasteiger charge is -2.05. The maximum atomic E-state index is 10.3. The number of hydrogen-bond donors (Lipinski definition) is 0. The second-order valence-corrected chi connectivity index (χ2v) is 3.32. The van der Waals surface area contributed by atoms with E-state index < -0.39 is 0 Å². The van der Waals surface area contributed by atoms with E-state index in [1.165, 1.54) is 0 Å². The van der Waals surface area contributed by atoms with Gasteiger partial charge in [0.05, 0.1) is 21.5 Å². The monoisotopic (exact) mass is 194 g/mol. The lowest BCUT2D eigenvalue weighted by Crippen LogP contribution is -2.11. The van der Waals surface area contributed by atoms with E-state index in [4.69, 9.17) is 23.2 Å². The quantitative estimate of drug-likeness (QED) is 0.424. The molecule has 0 spiro atoms. The van der Waals surface area contributed by atoms with Crippen LogP contribution in [-0.4, -0.2) is 14.5 Å². The van der Waals surface area contributed by atoms with Gasteiger partial charge in [-0.1, -0.05) is 17.7 Å². The van der Waals surface area contributed by atoms with Crippen LogP contribution in [0.2, 0.25) is 0 Å². The van der Waals surface area contributed by atoms with Crippen molar-refractivity contribution in [3.8, 4) is 0 Å². The molecular weight excluding hydrogens is 191 g/mol. The van der Waals surface area contributed by atoms with Crippen molar-refractivity contribution in [2.24, 2.45) is 0 Å². The Hall–Kier alpha value is -0.0500. The van der Waals surface area contributed by atoms with E-state index in [-0.39, 0.29) is 5.38 Å². The van der Waals surface area contributed by atoms with Gasteiger partial charge < -0.3 is 0 Å². The Morgan fingerprint density at radius 1 is 1.60 bits per heavy atom. The summed E-state index contributed by atoms with van der Waals surface area (Å²) in [5.74, 6) is 0. The van der Waals surface area contributed by atoms with Gasteiger partial charge in [0.1, 0.15) is 0 Å². The first-order valence-electron chi connectivity index (χ1n) is 2.60. The molecule has 1 unspecified atom stereocenters. The molecule has 0 aromatic heterocycles. The van der Waals surface area contributed by atoms with Crippen LogP contribution in [0.4, 0.5) is 0 Å². The third kappa shape index (κ3) is 1.72. The van der Waals surface area contributed by atoms with Crippen molar-refractivity contribution < 1.29 is 4.21 Å². The van der Waals surface area contributed by atoms with Gasteiger partial charge in [-0.25, -0.2) is 4.21 Å². The van der Waals surface area contributed by atoms with Gasteiger partial charge >= 0.3 is 0 Å². The number of alkyl halides is 1. The molecule has 1 nitrogen and oxygen atoms in total. The first-order valence-corrected chi connectivity index (χ1v) is 4.16. The second-order valence-electron chi connectivity index (χ2n) is 1.78. The molecule has 0 radical (unpaired) electrons. The fourth-order valence-electron chi connectivity index (χ4n) is 0.605. The van der Waals surface area contributed by atoms with Gasteiger partial charge in [0.15, 0.2) is 0 Å². The molecule has 4 heteroatoms. The van der Waals surface area contributed by atoms with Gasteiger partial charge in [0, 0.05) is 5.03 Å². The van der Waals surface area contributed by atoms with Crippen molar-refractivity contribution in [3.05, 3.63) is 23.3 Å². The summed E-state index contributed by atoms with van der Waals surface area (Å²) in [6, 6.07) is 0. The SMILES string of the molecule is O=S=C1C=C(Cl)C=CC1Cl. The normalized spacial score (nSPS) is 24.4. The molecule has 0 aliphatic heterocycles. The maximum absolute atomic E-state index is 10.3. The van der Waals surface area contributed by atoms with Crippen molar-refractivity contribution in [1.29, 1.82) is 0 Å². The van der Waals surface area contributed by atoms with E-state index in [9.17, 15) is 4.21 Å². The summed E-state index contributed by atoms with van der Waals surface area (Å²) >= 11 is 11.7. The Balaban J connectivity index is 2.98. The molecule has 10 heavy (non-hydrogen) atoms. The zero-order valence-electron chi connectivity index (χ0n) is 4.88. The first-order chi connectivity index (χ1) is 4.74. The van der Waals surface area contributed by atoms with Crippen LogP contribution in [0.25, 0.3) is 0 Å². The summed E-state index contributed by atoms with van der Waals surface area (Å²) in [6.45, 7) is 0. The third-order valence-corrected chi connectivity index (χ3v) is 2.38. The number of hydrogen-bond acceptors (Lipinski definition) is 1. The molecule has 0 aromatic carbocycles. The second kappa shape index (κ2) is 3.37. The van der Waals surface area contributed by atoms with Crippen LogP contribution in [0, 0.1) is 0 Å².